The number of hydrogen-bond donors (Lipinski definition) is 3. The maximum absolute atomic E-state index is 12.8. The Kier molecular flexibility index (Phi) is 7.60. The molecule has 0 spiro atoms. The van der Waals surface area contributed by atoms with Gasteiger partial charge in [0, 0.05) is 30.9 Å². The first-order valence-electron chi connectivity index (χ1n) is 10.3. The van der Waals surface area contributed by atoms with E-state index in [0.717, 1.165) is 16.8 Å². The minimum Gasteiger partial charge on any atom is -0.507 e. The average Bonchev–Trinajstić information content (AvgIpc) is 2.80. The number of rotatable bonds is 7. The molecule has 7 heteroatoms. The van der Waals surface area contributed by atoms with Crippen molar-refractivity contribution >= 4 is 29.8 Å². The zero-order valence-corrected chi connectivity index (χ0v) is 18.7. The molecule has 0 radical (unpaired) electrons. The molecule has 0 saturated heterocycles. The second-order valence-corrected chi connectivity index (χ2v) is 7.63. The summed E-state index contributed by atoms with van der Waals surface area (Å²) in [5, 5.41) is 16.6. The highest BCUT2D eigenvalue weighted by Gasteiger charge is 2.14. The number of aromatic hydroxyl groups is 1. The van der Waals surface area contributed by atoms with Gasteiger partial charge in [0.05, 0.1) is 6.21 Å². The molecular formula is C26H26N4O3. The molecule has 2 amide bonds. The van der Waals surface area contributed by atoms with E-state index in [2.05, 4.69) is 15.8 Å². The Morgan fingerprint density at radius 1 is 0.970 bits per heavy atom. The van der Waals surface area contributed by atoms with Crippen molar-refractivity contribution in [1.82, 2.24) is 10.7 Å². The highest BCUT2D eigenvalue weighted by molar-refractivity contribution is 6.05. The van der Waals surface area contributed by atoms with Crippen molar-refractivity contribution in [2.24, 2.45) is 5.10 Å². The molecule has 3 aromatic carbocycles. The van der Waals surface area contributed by atoms with Gasteiger partial charge in [-0.2, -0.15) is 5.10 Å². The summed E-state index contributed by atoms with van der Waals surface area (Å²) in [5.74, 6) is -0.956. The Hall–Kier alpha value is -4.39. The van der Waals surface area contributed by atoms with Crippen LogP contribution in [0.1, 0.15) is 27.0 Å². The predicted octanol–water partition coefficient (Wildman–Crippen LogP) is 3.69. The van der Waals surface area contributed by atoms with Crippen LogP contribution in [0.4, 0.5) is 5.69 Å². The van der Waals surface area contributed by atoms with Crippen molar-refractivity contribution in [1.29, 1.82) is 0 Å². The van der Waals surface area contributed by atoms with Gasteiger partial charge in [0.1, 0.15) is 11.4 Å². The Morgan fingerprint density at radius 3 is 2.30 bits per heavy atom. The fourth-order valence-electron chi connectivity index (χ4n) is 2.96. The number of hydrogen-bond acceptors (Lipinski definition) is 5. The van der Waals surface area contributed by atoms with Crippen molar-refractivity contribution in [2.75, 3.05) is 19.0 Å². The van der Waals surface area contributed by atoms with E-state index < -0.39 is 11.8 Å². The lowest BCUT2D eigenvalue weighted by atomic mass is 10.1. The fourth-order valence-corrected chi connectivity index (χ4v) is 2.96. The minimum atomic E-state index is -0.598. The number of aryl methyl sites for hydroxylation is 1. The molecule has 168 valence electrons. The summed E-state index contributed by atoms with van der Waals surface area (Å²) in [5.41, 5.74) is 5.97. The van der Waals surface area contributed by atoms with Crippen LogP contribution in [0.3, 0.4) is 0 Å². The number of amides is 2. The van der Waals surface area contributed by atoms with E-state index in [1.165, 1.54) is 6.21 Å². The molecule has 7 nitrogen and oxygen atoms in total. The van der Waals surface area contributed by atoms with Gasteiger partial charge >= 0.3 is 0 Å². The lowest BCUT2D eigenvalue weighted by Crippen LogP contribution is -2.32. The van der Waals surface area contributed by atoms with Crippen LogP contribution >= 0.6 is 0 Å². The van der Waals surface area contributed by atoms with Gasteiger partial charge in [0.15, 0.2) is 0 Å². The third kappa shape index (κ3) is 6.54. The van der Waals surface area contributed by atoms with Crippen LogP contribution in [-0.4, -0.2) is 37.2 Å². The number of hydrazone groups is 1. The van der Waals surface area contributed by atoms with Gasteiger partial charge in [0.25, 0.3) is 11.8 Å². The number of carbonyl (C=O) groups excluding carboxylic acids is 2. The Labute approximate surface area is 193 Å². The molecule has 3 N–H and O–H groups in total. The highest BCUT2D eigenvalue weighted by Crippen LogP contribution is 2.16. The zero-order valence-electron chi connectivity index (χ0n) is 18.7. The maximum Gasteiger partial charge on any atom is 0.287 e. The van der Waals surface area contributed by atoms with Crippen LogP contribution < -0.4 is 15.6 Å². The normalized spacial score (nSPS) is 11.3. The van der Waals surface area contributed by atoms with Crippen LogP contribution in [-0.2, 0) is 4.79 Å². The lowest BCUT2D eigenvalue weighted by molar-refractivity contribution is -0.117. The van der Waals surface area contributed by atoms with Gasteiger partial charge in [-0.15, -0.1) is 0 Å². The van der Waals surface area contributed by atoms with Crippen LogP contribution in [0.15, 0.2) is 83.6 Å². The standard InChI is InChI=1S/C26H26N4O3/c1-18-9-12-21(24(31)15-18)17-27-29-26(33)23(28-25(32)20-7-5-4-6-8-20)16-19-10-13-22(14-11-19)30(2)3/h4-17,31H,1-3H3,(H,28,32)(H,29,33)/b23-16-,27-17+. The Bertz CT molecular complexity index is 1180. The quantitative estimate of drug-likeness (QED) is 0.296. The van der Waals surface area contributed by atoms with E-state index in [-0.39, 0.29) is 11.4 Å². The summed E-state index contributed by atoms with van der Waals surface area (Å²) >= 11 is 0. The molecule has 0 heterocycles. The zero-order chi connectivity index (χ0) is 23.8. The Morgan fingerprint density at radius 2 is 1.67 bits per heavy atom. The third-order valence-electron chi connectivity index (χ3n) is 4.80. The first-order valence-corrected chi connectivity index (χ1v) is 10.3. The molecule has 0 aromatic heterocycles. The first kappa shape index (κ1) is 23.3. The summed E-state index contributed by atoms with van der Waals surface area (Å²) in [4.78, 5) is 27.5. The number of phenols is 1. The van der Waals surface area contributed by atoms with Crippen LogP contribution in [0.2, 0.25) is 0 Å². The van der Waals surface area contributed by atoms with Crippen molar-refractivity contribution < 1.29 is 14.7 Å². The number of anilines is 1. The van der Waals surface area contributed by atoms with Crippen molar-refractivity contribution in [3.05, 3.63) is 101 Å². The first-order chi connectivity index (χ1) is 15.8. The van der Waals surface area contributed by atoms with Crippen LogP contribution in [0.25, 0.3) is 6.08 Å². The van der Waals surface area contributed by atoms with Gasteiger partial charge in [-0.05, 0) is 60.5 Å². The van der Waals surface area contributed by atoms with Crippen LogP contribution in [0, 0.1) is 6.92 Å². The molecule has 0 unspecified atom stereocenters. The van der Waals surface area contributed by atoms with Crippen molar-refractivity contribution in [2.45, 2.75) is 6.92 Å². The number of carbonyl (C=O) groups is 2. The van der Waals surface area contributed by atoms with Gasteiger partial charge in [0.2, 0.25) is 0 Å². The summed E-state index contributed by atoms with van der Waals surface area (Å²) in [6.07, 6.45) is 2.92. The smallest absolute Gasteiger partial charge is 0.287 e. The predicted molar refractivity (Wildman–Crippen MR) is 131 cm³/mol. The molecule has 0 bridgehead atoms. The third-order valence-corrected chi connectivity index (χ3v) is 4.80. The molecule has 0 aliphatic heterocycles. The molecule has 0 aliphatic carbocycles. The average molecular weight is 443 g/mol. The maximum atomic E-state index is 12.8. The van der Waals surface area contributed by atoms with E-state index >= 15 is 0 Å². The minimum absolute atomic E-state index is 0.0340. The van der Waals surface area contributed by atoms with Crippen molar-refractivity contribution in [3.8, 4) is 5.75 Å². The number of phenolic OH excluding ortho intramolecular Hbond substituents is 1. The molecule has 0 aliphatic rings. The fraction of sp³-hybridized carbons (Fsp3) is 0.115. The van der Waals surface area contributed by atoms with Gasteiger partial charge in [-0.1, -0.05) is 36.4 Å². The molecule has 3 rings (SSSR count). The second-order valence-electron chi connectivity index (χ2n) is 7.63. The molecule has 33 heavy (non-hydrogen) atoms. The van der Waals surface area contributed by atoms with E-state index in [4.69, 9.17) is 0 Å². The van der Waals surface area contributed by atoms with E-state index in [1.807, 2.05) is 62.3 Å². The van der Waals surface area contributed by atoms with Crippen LogP contribution in [0.5, 0.6) is 5.75 Å². The molecule has 0 fully saturated rings. The summed E-state index contributed by atoms with van der Waals surface area (Å²) in [7, 11) is 3.88. The molecule has 0 atom stereocenters. The summed E-state index contributed by atoms with van der Waals surface area (Å²) < 4.78 is 0. The molecular weight excluding hydrogens is 416 g/mol. The van der Waals surface area contributed by atoms with E-state index in [1.54, 1.807) is 42.5 Å². The monoisotopic (exact) mass is 442 g/mol. The molecule has 3 aromatic rings. The van der Waals surface area contributed by atoms with Gasteiger partial charge in [-0.3, -0.25) is 9.59 Å². The SMILES string of the molecule is Cc1ccc(/C=N/NC(=O)/C(=C/c2ccc(N(C)C)cc2)NC(=O)c2ccccc2)c(O)c1. The second kappa shape index (κ2) is 10.8. The highest BCUT2D eigenvalue weighted by atomic mass is 16.3. The van der Waals surface area contributed by atoms with E-state index in [9.17, 15) is 14.7 Å². The van der Waals surface area contributed by atoms with Gasteiger partial charge < -0.3 is 15.3 Å². The lowest BCUT2D eigenvalue weighted by Gasteiger charge is -2.12. The van der Waals surface area contributed by atoms with E-state index in [0.29, 0.717) is 11.1 Å². The topological polar surface area (TPSA) is 94.0 Å². The number of nitrogens with zero attached hydrogens (tertiary/aromatic N) is 2. The summed E-state index contributed by atoms with van der Waals surface area (Å²) in [6.45, 7) is 1.86. The van der Waals surface area contributed by atoms with Gasteiger partial charge in [-0.25, -0.2) is 5.43 Å². The number of benzene rings is 3. The summed E-state index contributed by atoms with van der Waals surface area (Å²) in [6, 6.07) is 21.3. The van der Waals surface area contributed by atoms with Crippen molar-refractivity contribution in [3.63, 3.8) is 0 Å². The largest absolute Gasteiger partial charge is 0.507 e. The number of nitrogens with one attached hydrogen (secondary N) is 2. The molecule has 0 saturated carbocycles. The Balaban J connectivity index is 1.82.